The van der Waals surface area contributed by atoms with Crippen molar-refractivity contribution in [3.63, 3.8) is 0 Å². The van der Waals surface area contributed by atoms with Crippen LogP contribution >= 0.6 is 31.9 Å². The highest BCUT2D eigenvalue weighted by Gasteiger charge is 2.59. The average Bonchev–Trinajstić information content (AvgIpc) is 2.84. The molecule has 8 rings (SSSR count). The second-order valence-corrected chi connectivity index (χ2v) is 16.0. The Morgan fingerprint density at radius 2 is 1.00 bits per heavy atom. The van der Waals surface area contributed by atoms with Crippen LogP contribution in [0.5, 0.6) is 0 Å². The third-order valence-electron chi connectivity index (χ3n) is 10.5. The number of rotatable bonds is 10. The molecule has 6 atom stereocenters. The highest BCUT2D eigenvalue weighted by molar-refractivity contribution is 9.10. The van der Waals surface area contributed by atoms with Crippen molar-refractivity contribution in [3.05, 3.63) is 11.1 Å². The molecule has 0 radical (unpaired) electrons. The number of hydrogen-bond donors (Lipinski definition) is 0. The normalized spacial score (nSPS) is 41.9. The number of hydrogen-bond acceptors (Lipinski definition) is 6. The van der Waals surface area contributed by atoms with Gasteiger partial charge in [-0.15, -0.1) is 0 Å². The van der Waals surface area contributed by atoms with Gasteiger partial charge >= 0.3 is 11.9 Å². The molecular weight excluding hydrogens is 616 g/mol. The first-order chi connectivity index (χ1) is 18.2. The number of ether oxygens (including phenoxy) is 4. The van der Waals surface area contributed by atoms with E-state index in [0.29, 0.717) is 50.1 Å². The van der Waals surface area contributed by atoms with Gasteiger partial charge in [0.1, 0.15) is 22.9 Å². The molecular formula is C30H42Br2O6. The Bertz CT molecular complexity index is 864. The molecule has 0 heterocycles. The van der Waals surface area contributed by atoms with Gasteiger partial charge in [0.15, 0.2) is 0 Å². The fraction of sp³-hybridized carbons (Fsp3) is 0.867. The summed E-state index contributed by atoms with van der Waals surface area (Å²) in [5.41, 5.74) is 3.63. The fourth-order valence-electron chi connectivity index (χ4n) is 9.76. The summed E-state index contributed by atoms with van der Waals surface area (Å²) in [6.07, 6.45) is 12.2. The van der Waals surface area contributed by atoms with Gasteiger partial charge < -0.3 is 18.9 Å². The Morgan fingerprint density at radius 3 is 1.32 bits per heavy atom. The SMILES string of the molecule is CC(Br)C(=O)OCCOC12CC3CC(C1)C(=C1C4CC5CC1CC(OCCOC(=O)C(C)Br)(C5)C4)C(C3)C2. The standard InChI is InChI=1S/C30H42Br2O6/c1-17(31)27(33)35-3-5-37-29-11-19-7-21(13-29)25(22(8-19)14-29)26-23-9-20-10-24(26)16-30(12-20,15-23)38-6-4-36-28(34)18(2)32/h17-24H,3-16H2,1-2H3. The van der Waals surface area contributed by atoms with Gasteiger partial charge in [-0.2, -0.15) is 0 Å². The van der Waals surface area contributed by atoms with Crippen molar-refractivity contribution < 1.29 is 28.5 Å². The summed E-state index contributed by atoms with van der Waals surface area (Å²) < 4.78 is 23.8. The maximum atomic E-state index is 11.8. The zero-order valence-corrected chi connectivity index (χ0v) is 25.9. The maximum absolute atomic E-state index is 11.8. The van der Waals surface area contributed by atoms with E-state index in [1.54, 1.807) is 13.8 Å². The molecule has 0 aliphatic heterocycles. The van der Waals surface area contributed by atoms with Crippen LogP contribution in [0.25, 0.3) is 0 Å². The number of carbonyl (C=O) groups excluding carboxylic acids is 2. The average molecular weight is 658 g/mol. The smallest absolute Gasteiger partial charge is 0.319 e. The number of carbonyl (C=O) groups is 2. The predicted molar refractivity (Wildman–Crippen MR) is 150 cm³/mol. The second kappa shape index (κ2) is 10.8. The lowest BCUT2D eigenvalue weighted by atomic mass is 9.46. The van der Waals surface area contributed by atoms with Crippen molar-refractivity contribution in [1.29, 1.82) is 0 Å². The van der Waals surface area contributed by atoms with Gasteiger partial charge in [0, 0.05) is 0 Å². The lowest BCUT2D eigenvalue weighted by Crippen LogP contribution is -2.57. The number of esters is 2. The summed E-state index contributed by atoms with van der Waals surface area (Å²) in [6, 6.07) is 0. The topological polar surface area (TPSA) is 71.1 Å². The molecule has 8 aliphatic carbocycles. The molecule has 8 saturated carbocycles. The van der Waals surface area contributed by atoms with E-state index in [2.05, 4.69) is 31.9 Å². The summed E-state index contributed by atoms with van der Waals surface area (Å²) in [5, 5.41) is 0. The Morgan fingerprint density at radius 1 is 0.658 bits per heavy atom. The van der Waals surface area contributed by atoms with Crippen LogP contribution in [0.3, 0.4) is 0 Å². The van der Waals surface area contributed by atoms with E-state index >= 15 is 0 Å². The van der Waals surface area contributed by atoms with Crippen LogP contribution in [-0.2, 0) is 28.5 Å². The van der Waals surface area contributed by atoms with Gasteiger partial charge in [0.2, 0.25) is 0 Å². The van der Waals surface area contributed by atoms with Crippen LogP contribution in [0.15, 0.2) is 11.1 Å². The number of halogens is 2. The van der Waals surface area contributed by atoms with Gasteiger partial charge in [-0.1, -0.05) is 43.0 Å². The van der Waals surface area contributed by atoms with Crippen LogP contribution in [0.4, 0.5) is 0 Å². The first kappa shape index (κ1) is 27.7. The molecule has 8 fully saturated rings. The van der Waals surface area contributed by atoms with E-state index < -0.39 is 0 Å². The number of alkyl halides is 2. The molecule has 0 aromatic rings. The summed E-state index contributed by atoms with van der Waals surface area (Å²) >= 11 is 6.55. The van der Waals surface area contributed by atoms with Crippen LogP contribution in [0.2, 0.25) is 0 Å². The van der Waals surface area contributed by atoms with E-state index in [0.717, 1.165) is 37.5 Å². The molecule has 0 amide bonds. The van der Waals surface area contributed by atoms with Crippen molar-refractivity contribution in [2.75, 3.05) is 26.4 Å². The van der Waals surface area contributed by atoms with Crippen molar-refractivity contribution in [1.82, 2.24) is 0 Å². The van der Waals surface area contributed by atoms with Gasteiger partial charge in [-0.05, 0) is 114 Å². The molecule has 0 aromatic carbocycles. The summed E-state index contributed by atoms with van der Waals surface area (Å²) in [6.45, 7) is 5.26. The summed E-state index contributed by atoms with van der Waals surface area (Å²) in [5.74, 6) is 3.79. The molecule has 8 aliphatic rings. The Labute approximate surface area is 243 Å². The van der Waals surface area contributed by atoms with Gasteiger partial charge in [0.25, 0.3) is 0 Å². The Hall–Kier alpha value is -0.440. The molecule has 0 aromatic heterocycles. The monoisotopic (exact) mass is 656 g/mol. The van der Waals surface area contributed by atoms with Gasteiger partial charge in [-0.25, -0.2) is 0 Å². The summed E-state index contributed by atoms with van der Waals surface area (Å²) in [4.78, 5) is 23.0. The third kappa shape index (κ3) is 5.30. The highest BCUT2D eigenvalue weighted by Crippen LogP contribution is 2.66. The molecule has 6 unspecified atom stereocenters. The first-order valence-corrected chi connectivity index (χ1v) is 16.6. The zero-order valence-electron chi connectivity index (χ0n) is 22.7. The lowest BCUT2D eigenvalue weighted by molar-refractivity contribution is -0.168. The third-order valence-corrected chi connectivity index (χ3v) is 11.2. The molecule has 8 heteroatoms. The van der Waals surface area contributed by atoms with E-state index in [9.17, 15) is 9.59 Å². The fourth-order valence-corrected chi connectivity index (χ4v) is 10.0. The highest BCUT2D eigenvalue weighted by atomic mass is 79.9. The summed E-state index contributed by atoms with van der Waals surface area (Å²) in [7, 11) is 0. The van der Waals surface area contributed by atoms with Crippen LogP contribution in [0, 0.1) is 35.5 Å². The van der Waals surface area contributed by atoms with Gasteiger partial charge in [0.05, 0.1) is 24.4 Å². The van der Waals surface area contributed by atoms with Gasteiger partial charge in [-0.3, -0.25) is 9.59 Å². The first-order valence-electron chi connectivity index (χ1n) is 14.8. The predicted octanol–water partition coefficient (Wildman–Crippen LogP) is 6.13. The Balaban J connectivity index is 1.11. The van der Waals surface area contributed by atoms with E-state index in [-0.39, 0.29) is 32.8 Å². The lowest BCUT2D eigenvalue weighted by Gasteiger charge is -2.62. The molecule has 8 bridgehead atoms. The van der Waals surface area contributed by atoms with Crippen LogP contribution < -0.4 is 0 Å². The molecule has 38 heavy (non-hydrogen) atoms. The molecule has 212 valence electrons. The number of allylic oxidation sites excluding steroid dienone is 2. The van der Waals surface area contributed by atoms with E-state index in [1.807, 2.05) is 11.1 Å². The van der Waals surface area contributed by atoms with Crippen LogP contribution in [-0.4, -0.2) is 59.2 Å². The van der Waals surface area contributed by atoms with E-state index in [1.165, 1.54) is 38.5 Å². The molecule has 0 saturated heterocycles. The van der Waals surface area contributed by atoms with E-state index in [4.69, 9.17) is 18.9 Å². The molecule has 0 N–H and O–H groups in total. The zero-order chi connectivity index (χ0) is 26.7. The van der Waals surface area contributed by atoms with Crippen molar-refractivity contribution in [2.45, 2.75) is 98.9 Å². The molecule has 0 spiro atoms. The van der Waals surface area contributed by atoms with Crippen molar-refractivity contribution >= 4 is 43.8 Å². The second-order valence-electron chi connectivity index (χ2n) is 13.2. The Kier molecular flexibility index (Phi) is 7.85. The minimum Gasteiger partial charge on any atom is -0.462 e. The largest absolute Gasteiger partial charge is 0.462 e. The van der Waals surface area contributed by atoms with Crippen molar-refractivity contribution in [3.8, 4) is 0 Å². The minimum atomic E-state index is -0.276. The quantitative estimate of drug-likeness (QED) is 0.122. The van der Waals surface area contributed by atoms with Crippen molar-refractivity contribution in [2.24, 2.45) is 35.5 Å². The van der Waals surface area contributed by atoms with Crippen LogP contribution in [0.1, 0.15) is 78.1 Å². The maximum Gasteiger partial charge on any atom is 0.319 e. The minimum absolute atomic E-state index is 0.0205. The molecule has 6 nitrogen and oxygen atoms in total.